The molecule has 0 aromatic carbocycles. The summed E-state index contributed by atoms with van der Waals surface area (Å²) in [6.45, 7) is 0. The Labute approximate surface area is 37.7 Å². The van der Waals surface area contributed by atoms with Crippen molar-refractivity contribution in [2.45, 2.75) is 0 Å². The van der Waals surface area contributed by atoms with E-state index in [-0.39, 0.29) is 16.0 Å². The first-order valence-electron chi connectivity index (χ1n) is 1.44. The van der Waals surface area contributed by atoms with Crippen molar-refractivity contribution in [3.8, 4) is 0 Å². The van der Waals surface area contributed by atoms with Gasteiger partial charge in [0.15, 0.2) is 0 Å². The predicted molar refractivity (Wildman–Crippen MR) is 24.8 cm³/mol. The van der Waals surface area contributed by atoms with Gasteiger partial charge < -0.3 is 0 Å². The van der Waals surface area contributed by atoms with E-state index in [1.54, 1.807) is 0 Å². The molecule has 1 unspecified atom stereocenters. The molecule has 26 valence electrons. The minimum atomic E-state index is 0.0278. The van der Waals surface area contributed by atoms with E-state index in [4.69, 9.17) is 0 Å². The summed E-state index contributed by atoms with van der Waals surface area (Å²) in [7, 11) is 0. The second-order valence-corrected chi connectivity index (χ2v) is 2.55. The van der Waals surface area contributed by atoms with Crippen molar-refractivity contribution in [2.24, 2.45) is 3.91 Å². The van der Waals surface area contributed by atoms with Crippen molar-refractivity contribution in [2.75, 3.05) is 0 Å². The zero-order valence-electron chi connectivity index (χ0n) is 2.68. The molecule has 1 aliphatic rings. The Bertz CT molecular complexity index is 65.0. The first-order chi connectivity index (χ1) is 2.50. The van der Waals surface area contributed by atoms with Crippen LogP contribution in [0.2, 0.25) is 0 Å². The number of rotatable bonds is 0. The van der Waals surface area contributed by atoms with Crippen LogP contribution in [-0.2, 0) is 0 Å². The molecule has 1 atom stereocenters. The van der Waals surface area contributed by atoms with Gasteiger partial charge in [0.05, 0.1) is 0 Å². The van der Waals surface area contributed by atoms with Crippen LogP contribution in [0.25, 0.3) is 0 Å². The van der Waals surface area contributed by atoms with Crippen molar-refractivity contribution in [1.82, 2.24) is 0 Å². The maximum absolute atomic E-state index is 3.97. The summed E-state index contributed by atoms with van der Waals surface area (Å²) in [6.07, 6.45) is 3.86. The molecule has 0 N–H and O–H groups in total. The first kappa shape index (κ1) is 3.17. The second-order valence-electron chi connectivity index (χ2n) is 0.766. The summed E-state index contributed by atoms with van der Waals surface area (Å²) in [5, 5.41) is 0. The van der Waals surface area contributed by atoms with Crippen molar-refractivity contribution in [3.63, 3.8) is 0 Å². The Morgan fingerprint density at radius 2 is 2.60 bits per heavy atom. The van der Waals surface area contributed by atoms with E-state index in [9.17, 15) is 0 Å². The number of hydrogen-bond acceptors (Lipinski definition) is 1. The molecular weight excluding hydrogens is 125 g/mol. The summed E-state index contributed by atoms with van der Waals surface area (Å²) in [4.78, 5) is 2.14. The van der Waals surface area contributed by atoms with Crippen molar-refractivity contribution >= 4 is 22.2 Å². The summed E-state index contributed by atoms with van der Waals surface area (Å²) in [5.74, 6) is 0. The van der Waals surface area contributed by atoms with Gasteiger partial charge in [-0.1, -0.05) is 0 Å². The molecule has 0 aliphatic carbocycles. The van der Waals surface area contributed by atoms with Gasteiger partial charge in [-0.25, -0.2) is 0 Å². The molecule has 0 aromatic heterocycles. The number of nitrogens with zero attached hydrogens (tertiary/aromatic N) is 1. The molecule has 0 radical (unpaired) electrons. The van der Waals surface area contributed by atoms with E-state index in [1.165, 1.54) is 0 Å². The van der Waals surface area contributed by atoms with Gasteiger partial charge in [0.2, 0.25) is 0 Å². The standard InChI is InChI=1S/C3H4AsN/c1-2-4-5-3-1/h1-4H. The molecule has 0 fully saturated rings. The Hall–Kier alpha value is -0.0316. The van der Waals surface area contributed by atoms with E-state index in [1.807, 2.05) is 12.3 Å². The van der Waals surface area contributed by atoms with Crippen LogP contribution >= 0.6 is 0 Å². The number of hydrogen-bond donors (Lipinski definition) is 0. The third kappa shape index (κ3) is 0.623. The third-order valence-corrected chi connectivity index (χ3v) is 1.75. The normalized spacial score (nSPS) is 22.4. The zero-order chi connectivity index (χ0) is 3.54. The van der Waals surface area contributed by atoms with Crippen LogP contribution in [0.5, 0.6) is 0 Å². The topological polar surface area (TPSA) is 12.4 Å². The van der Waals surface area contributed by atoms with E-state index < -0.39 is 0 Å². The van der Waals surface area contributed by atoms with Gasteiger partial charge in [0, 0.05) is 0 Å². The Morgan fingerprint density at radius 3 is 2.80 bits per heavy atom. The van der Waals surface area contributed by atoms with Crippen LogP contribution in [-0.4, -0.2) is 22.2 Å². The zero-order valence-corrected chi connectivity index (χ0v) is 4.78. The molecule has 0 saturated heterocycles. The average Bonchev–Trinajstić information content (AvgIpc) is 1.76. The van der Waals surface area contributed by atoms with Crippen LogP contribution in [0.4, 0.5) is 0 Å². The Kier molecular flexibility index (Phi) is 0.898. The van der Waals surface area contributed by atoms with Crippen LogP contribution < -0.4 is 0 Å². The molecule has 0 amide bonds. The first-order valence-corrected chi connectivity index (χ1v) is 3.59. The quantitative estimate of drug-likeness (QED) is 0.406. The van der Waals surface area contributed by atoms with Crippen LogP contribution in [0, 0.1) is 0 Å². The summed E-state index contributed by atoms with van der Waals surface area (Å²) < 4.78 is 3.97. The fourth-order valence-corrected chi connectivity index (χ4v) is 1.12. The van der Waals surface area contributed by atoms with Crippen molar-refractivity contribution in [1.29, 1.82) is 0 Å². The number of allylic oxidation sites excluding steroid dienone is 1. The molecule has 5 heavy (non-hydrogen) atoms. The van der Waals surface area contributed by atoms with Crippen LogP contribution in [0.3, 0.4) is 0 Å². The van der Waals surface area contributed by atoms with Crippen LogP contribution in [0.1, 0.15) is 0 Å². The third-order valence-electron chi connectivity index (χ3n) is 0.406. The average molecular weight is 129 g/mol. The molecule has 1 aliphatic heterocycles. The molecular formula is C3H4AsN. The van der Waals surface area contributed by atoms with Gasteiger partial charge in [-0.2, -0.15) is 0 Å². The predicted octanol–water partition coefficient (Wildman–Crippen LogP) is -0.0640. The Morgan fingerprint density at radius 1 is 1.60 bits per heavy atom. The summed E-state index contributed by atoms with van der Waals surface area (Å²) >= 11 is 0.0278. The maximum atomic E-state index is 3.97. The summed E-state index contributed by atoms with van der Waals surface area (Å²) in [5.41, 5.74) is 0. The molecule has 0 spiro atoms. The van der Waals surface area contributed by atoms with Gasteiger partial charge in [-0.3, -0.25) is 0 Å². The van der Waals surface area contributed by atoms with E-state index in [0.717, 1.165) is 0 Å². The molecule has 1 heterocycles. The fraction of sp³-hybridized carbons (Fsp3) is 0. The van der Waals surface area contributed by atoms with Crippen LogP contribution in [0.15, 0.2) is 14.8 Å². The van der Waals surface area contributed by atoms with Crippen molar-refractivity contribution in [3.05, 3.63) is 10.9 Å². The van der Waals surface area contributed by atoms with Gasteiger partial charge in [0.25, 0.3) is 0 Å². The SMILES string of the molecule is C1=C[AsH]N=C1. The van der Waals surface area contributed by atoms with E-state index in [0.29, 0.717) is 0 Å². The summed E-state index contributed by atoms with van der Waals surface area (Å²) in [6, 6.07) is 0. The van der Waals surface area contributed by atoms with E-state index in [2.05, 4.69) is 8.77 Å². The second kappa shape index (κ2) is 1.42. The molecule has 1 rings (SSSR count). The van der Waals surface area contributed by atoms with Gasteiger partial charge in [-0.15, -0.1) is 0 Å². The van der Waals surface area contributed by atoms with Gasteiger partial charge in [0.1, 0.15) is 0 Å². The van der Waals surface area contributed by atoms with Gasteiger partial charge in [-0.05, 0) is 0 Å². The molecule has 1 nitrogen and oxygen atoms in total. The monoisotopic (exact) mass is 129 g/mol. The molecule has 0 aromatic rings. The van der Waals surface area contributed by atoms with Gasteiger partial charge >= 0.3 is 37.0 Å². The molecule has 0 saturated carbocycles. The molecule has 0 bridgehead atoms. The Balaban J connectivity index is 2.61. The molecule has 2 heteroatoms. The van der Waals surface area contributed by atoms with E-state index >= 15 is 0 Å². The van der Waals surface area contributed by atoms with Crippen molar-refractivity contribution < 1.29 is 0 Å². The fourth-order valence-electron chi connectivity index (χ4n) is 0.215. The minimum absolute atomic E-state index is 0.0278.